The van der Waals surface area contributed by atoms with Crippen LogP contribution in [0.4, 0.5) is 5.82 Å². The van der Waals surface area contributed by atoms with Crippen molar-refractivity contribution in [1.82, 2.24) is 15.3 Å². The molecule has 0 aromatic carbocycles. The maximum atomic E-state index is 12.2. The van der Waals surface area contributed by atoms with Crippen LogP contribution >= 0.6 is 0 Å². The van der Waals surface area contributed by atoms with E-state index in [4.69, 9.17) is 9.72 Å². The Morgan fingerprint density at radius 2 is 2.24 bits per heavy atom. The molecule has 114 valence electrons. The van der Waals surface area contributed by atoms with Crippen LogP contribution in [0, 0.1) is 6.92 Å². The van der Waals surface area contributed by atoms with Crippen molar-refractivity contribution in [2.24, 2.45) is 0 Å². The molecule has 6 nitrogen and oxygen atoms in total. The second-order valence-corrected chi connectivity index (χ2v) is 6.01. The second kappa shape index (κ2) is 5.35. The molecule has 0 saturated carbocycles. The molecule has 6 heteroatoms. The standard InChI is InChI=1S/C15H22N4O2/c1-10-11-9-12(20)19(7-8-21-3)13(11)18-14(17-10)15(2)5-4-6-16-15/h16H,4-9H2,1-3H3. The first-order valence-electron chi connectivity index (χ1n) is 7.47. The Kier molecular flexibility index (Phi) is 3.67. The van der Waals surface area contributed by atoms with E-state index in [-0.39, 0.29) is 11.4 Å². The van der Waals surface area contributed by atoms with Crippen LogP contribution in [-0.2, 0) is 21.5 Å². The molecule has 1 atom stereocenters. The Morgan fingerprint density at radius 1 is 1.43 bits per heavy atom. The van der Waals surface area contributed by atoms with Crippen molar-refractivity contribution in [1.29, 1.82) is 0 Å². The van der Waals surface area contributed by atoms with Crippen molar-refractivity contribution in [3.63, 3.8) is 0 Å². The number of methoxy groups -OCH3 is 1. The van der Waals surface area contributed by atoms with Crippen LogP contribution in [0.1, 0.15) is 36.8 Å². The first kappa shape index (κ1) is 14.4. The number of hydrogen-bond acceptors (Lipinski definition) is 5. The Hall–Kier alpha value is -1.53. The molecule has 21 heavy (non-hydrogen) atoms. The van der Waals surface area contributed by atoms with Crippen molar-refractivity contribution in [2.45, 2.75) is 38.6 Å². The minimum Gasteiger partial charge on any atom is -0.383 e. The highest BCUT2D eigenvalue weighted by Crippen LogP contribution is 2.33. The number of hydrogen-bond donors (Lipinski definition) is 1. The molecule has 1 N–H and O–H groups in total. The molecule has 1 aromatic rings. The summed E-state index contributed by atoms with van der Waals surface area (Å²) >= 11 is 0. The molecular formula is C15H22N4O2. The van der Waals surface area contributed by atoms with E-state index in [1.54, 1.807) is 12.0 Å². The highest BCUT2D eigenvalue weighted by atomic mass is 16.5. The Bertz CT molecular complexity index is 567. The predicted molar refractivity (Wildman–Crippen MR) is 79.3 cm³/mol. The monoisotopic (exact) mass is 290 g/mol. The van der Waals surface area contributed by atoms with Crippen LogP contribution in [0.25, 0.3) is 0 Å². The number of ether oxygens (including phenoxy) is 1. The quantitative estimate of drug-likeness (QED) is 0.893. The van der Waals surface area contributed by atoms with Crippen molar-refractivity contribution in [2.75, 3.05) is 31.7 Å². The number of fused-ring (bicyclic) bond motifs is 1. The highest BCUT2D eigenvalue weighted by Gasteiger charge is 2.37. The minimum atomic E-state index is -0.182. The number of carbonyl (C=O) groups excluding carboxylic acids is 1. The van der Waals surface area contributed by atoms with Gasteiger partial charge in [0.25, 0.3) is 0 Å². The van der Waals surface area contributed by atoms with Crippen molar-refractivity contribution in [3.05, 3.63) is 17.1 Å². The summed E-state index contributed by atoms with van der Waals surface area (Å²) in [5, 5.41) is 3.48. The normalized spacial score (nSPS) is 24.7. The highest BCUT2D eigenvalue weighted by molar-refractivity contribution is 6.00. The summed E-state index contributed by atoms with van der Waals surface area (Å²) in [4.78, 5) is 23.3. The van der Waals surface area contributed by atoms with Crippen LogP contribution in [0.2, 0.25) is 0 Å². The summed E-state index contributed by atoms with van der Waals surface area (Å²) in [6.45, 7) is 6.15. The van der Waals surface area contributed by atoms with E-state index in [0.717, 1.165) is 42.3 Å². The third kappa shape index (κ3) is 2.42. The number of aryl methyl sites for hydroxylation is 1. The summed E-state index contributed by atoms with van der Waals surface area (Å²) in [7, 11) is 1.64. The first-order chi connectivity index (χ1) is 10.0. The number of carbonyl (C=O) groups is 1. The first-order valence-corrected chi connectivity index (χ1v) is 7.47. The Labute approximate surface area is 124 Å². The van der Waals surface area contributed by atoms with Crippen LogP contribution in [0.15, 0.2) is 0 Å². The maximum absolute atomic E-state index is 12.2. The SMILES string of the molecule is COCCN1C(=O)Cc2c(C)nc(C3(C)CCCN3)nc21. The Balaban J connectivity index is 1.99. The summed E-state index contributed by atoms with van der Waals surface area (Å²) in [6.07, 6.45) is 2.55. The van der Waals surface area contributed by atoms with E-state index in [1.165, 1.54) is 0 Å². The minimum absolute atomic E-state index is 0.0844. The maximum Gasteiger partial charge on any atom is 0.232 e. The van der Waals surface area contributed by atoms with Crippen molar-refractivity contribution in [3.8, 4) is 0 Å². The van der Waals surface area contributed by atoms with Gasteiger partial charge in [0.1, 0.15) is 5.82 Å². The summed E-state index contributed by atoms with van der Waals surface area (Å²) < 4.78 is 5.10. The van der Waals surface area contributed by atoms with Gasteiger partial charge in [-0.1, -0.05) is 0 Å². The van der Waals surface area contributed by atoms with E-state index in [9.17, 15) is 4.79 Å². The molecule has 0 bridgehead atoms. The third-order valence-corrected chi connectivity index (χ3v) is 4.46. The van der Waals surface area contributed by atoms with E-state index in [2.05, 4.69) is 17.2 Å². The molecule has 3 rings (SSSR count). The molecule has 2 aliphatic rings. The third-order valence-electron chi connectivity index (χ3n) is 4.46. The van der Waals surface area contributed by atoms with Gasteiger partial charge in [-0.25, -0.2) is 9.97 Å². The zero-order chi connectivity index (χ0) is 15.0. The van der Waals surface area contributed by atoms with Gasteiger partial charge in [0, 0.05) is 18.4 Å². The van der Waals surface area contributed by atoms with Crippen LogP contribution < -0.4 is 10.2 Å². The topological polar surface area (TPSA) is 67.3 Å². The van der Waals surface area contributed by atoms with Gasteiger partial charge < -0.3 is 10.1 Å². The smallest absolute Gasteiger partial charge is 0.232 e. The number of nitrogens with zero attached hydrogens (tertiary/aromatic N) is 3. The van der Waals surface area contributed by atoms with Crippen LogP contribution in [-0.4, -0.2) is 42.7 Å². The lowest BCUT2D eigenvalue weighted by Gasteiger charge is -2.25. The average Bonchev–Trinajstić information content (AvgIpc) is 3.02. The van der Waals surface area contributed by atoms with Gasteiger partial charge in [-0.3, -0.25) is 9.69 Å². The number of aromatic nitrogens is 2. The van der Waals surface area contributed by atoms with Gasteiger partial charge in [-0.15, -0.1) is 0 Å². The fraction of sp³-hybridized carbons (Fsp3) is 0.667. The zero-order valence-corrected chi connectivity index (χ0v) is 12.9. The van der Waals surface area contributed by atoms with Crippen LogP contribution in [0.5, 0.6) is 0 Å². The fourth-order valence-electron chi connectivity index (χ4n) is 3.12. The van der Waals surface area contributed by atoms with Crippen molar-refractivity contribution < 1.29 is 9.53 Å². The lowest BCUT2D eigenvalue weighted by molar-refractivity contribution is -0.117. The molecule has 1 amide bonds. The largest absolute Gasteiger partial charge is 0.383 e. The summed E-state index contributed by atoms with van der Waals surface area (Å²) in [5.74, 6) is 1.66. The molecule has 0 radical (unpaired) electrons. The van der Waals surface area contributed by atoms with Crippen LogP contribution in [0.3, 0.4) is 0 Å². The van der Waals surface area contributed by atoms with E-state index >= 15 is 0 Å². The molecule has 3 heterocycles. The fourth-order valence-corrected chi connectivity index (χ4v) is 3.12. The predicted octanol–water partition coefficient (Wildman–Crippen LogP) is 0.919. The lowest BCUT2D eigenvalue weighted by atomic mass is 9.99. The van der Waals surface area contributed by atoms with Gasteiger partial charge in [-0.2, -0.15) is 0 Å². The van der Waals surface area contributed by atoms with E-state index < -0.39 is 0 Å². The molecule has 0 spiro atoms. The zero-order valence-electron chi connectivity index (χ0n) is 12.9. The molecule has 2 aliphatic heterocycles. The van der Waals surface area contributed by atoms with Gasteiger partial charge >= 0.3 is 0 Å². The van der Waals surface area contributed by atoms with E-state index in [1.807, 2.05) is 6.92 Å². The van der Waals surface area contributed by atoms with E-state index in [0.29, 0.717) is 19.6 Å². The molecule has 1 aromatic heterocycles. The molecule has 1 unspecified atom stereocenters. The number of rotatable bonds is 4. The number of nitrogens with one attached hydrogen (secondary N) is 1. The number of amides is 1. The van der Waals surface area contributed by atoms with Gasteiger partial charge in [0.2, 0.25) is 5.91 Å². The molecule has 1 fully saturated rings. The van der Waals surface area contributed by atoms with Gasteiger partial charge in [0.05, 0.1) is 25.1 Å². The Morgan fingerprint density at radius 3 is 2.90 bits per heavy atom. The summed E-state index contributed by atoms with van der Waals surface area (Å²) in [5.41, 5.74) is 1.69. The molecule has 1 saturated heterocycles. The number of anilines is 1. The van der Waals surface area contributed by atoms with Gasteiger partial charge in [0.15, 0.2) is 5.82 Å². The second-order valence-electron chi connectivity index (χ2n) is 6.01. The summed E-state index contributed by atoms with van der Waals surface area (Å²) in [6, 6.07) is 0. The average molecular weight is 290 g/mol. The van der Waals surface area contributed by atoms with Crippen molar-refractivity contribution >= 4 is 11.7 Å². The van der Waals surface area contributed by atoms with Gasteiger partial charge in [-0.05, 0) is 33.2 Å². The lowest BCUT2D eigenvalue weighted by Crippen LogP contribution is -2.36. The molecule has 0 aliphatic carbocycles. The molecular weight excluding hydrogens is 268 g/mol.